The topological polar surface area (TPSA) is 38.1 Å². The van der Waals surface area contributed by atoms with E-state index >= 15 is 0 Å². The number of rotatable bonds is 4. The standard InChI is InChI=1S/C18H22FN3O/c1-14-5-6-15(19)12-17(14)18(23)22-9-3-2-4-16(22)7-10-21-11-8-20-13-21/h5-6,8,11-13,16H,2-4,7,9-10H2,1H3/t16-/m1/s1. The van der Waals surface area contributed by atoms with Crippen LogP contribution in [0.5, 0.6) is 0 Å². The number of halogens is 1. The molecule has 4 nitrogen and oxygen atoms in total. The maximum absolute atomic E-state index is 13.5. The highest BCUT2D eigenvalue weighted by Gasteiger charge is 2.28. The van der Waals surface area contributed by atoms with Crippen LogP contribution < -0.4 is 0 Å². The number of likely N-dealkylation sites (tertiary alicyclic amines) is 1. The molecule has 1 amide bonds. The molecule has 0 bridgehead atoms. The molecule has 0 N–H and O–H groups in total. The van der Waals surface area contributed by atoms with E-state index < -0.39 is 0 Å². The lowest BCUT2D eigenvalue weighted by Gasteiger charge is -2.36. The molecule has 1 aliphatic rings. The van der Waals surface area contributed by atoms with Crippen molar-refractivity contribution < 1.29 is 9.18 Å². The summed E-state index contributed by atoms with van der Waals surface area (Å²) in [4.78, 5) is 18.9. The molecule has 1 aliphatic heterocycles. The summed E-state index contributed by atoms with van der Waals surface area (Å²) in [6.45, 7) is 3.46. The number of hydrogen-bond acceptors (Lipinski definition) is 2. The lowest BCUT2D eigenvalue weighted by atomic mass is 9.97. The van der Waals surface area contributed by atoms with Crippen LogP contribution in [0.1, 0.15) is 41.6 Å². The predicted molar refractivity (Wildman–Crippen MR) is 86.7 cm³/mol. The normalized spacial score (nSPS) is 18.2. The summed E-state index contributed by atoms with van der Waals surface area (Å²) in [5.41, 5.74) is 1.31. The molecule has 122 valence electrons. The average molecular weight is 315 g/mol. The first-order valence-electron chi connectivity index (χ1n) is 8.18. The molecule has 1 aromatic heterocycles. The van der Waals surface area contributed by atoms with Crippen molar-refractivity contribution in [3.63, 3.8) is 0 Å². The number of aryl methyl sites for hydroxylation is 2. The molecular formula is C18H22FN3O. The van der Waals surface area contributed by atoms with Crippen LogP contribution in [0.3, 0.4) is 0 Å². The Morgan fingerprint density at radius 2 is 2.26 bits per heavy atom. The van der Waals surface area contributed by atoms with Gasteiger partial charge in [-0.05, 0) is 50.3 Å². The van der Waals surface area contributed by atoms with E-state index in [1.165, 1.54) is 12.1 Å². The van der Waals surface area contributed by atoms with E-state index in [0.717, 1.165) is 44.3 Å². The minimum atomic E-state index is -0.356. The zero-order valence-corrected chi connectivity index (χ0v) is 13.4. The van der Waals surface area contributed by atoms with Gasteiger partial charge in [-0.1, -0.05) is 6.07 Å². The third-order valence-corrected chi connectivity index (χ3v) is 4.60. The third-order valence-electron chi connectivity index (χ3n) is 4.60. The van der Waals surface area contributed by atoms with Crippen LogP contribution in [-0.4, -0.2) is 32.9 Å². The van der Waals surface area contributed by atoms with Gasteiger partial charge in [-0.25, -0.2) is 9.37 Å². The SMILES string of the molecule is Cc1ccc(F)cc1C(=O)N1CCCC[C@@H]1CCn1ccnc1. The fourth-order valence-electron chi connectivity index (χ4n) is 3.26. The number of imidazole rings is 1. The molecule has 0 unspecified atom stereocenters. The lowest BCUT2D eigenvalue weighted by molar-refractivity contribution is 0.0594. The smallest absolute Gasteiger partial charge is 0.254 e. The molecule has 5 heteroatoms. The first kappa shape index (κ1) is 15.7. The van der Waals surface area contributed by atoms with Gasteiger partial charge in [0.15, 0.2) is 0 Å². The minimum Gasteiger partial charge on any atom is -0.337 e. The molecule has 2 aromatic rings. The van der Waals surface area contributed by atoms with E-state index in [4.69, 9.17) is 0 Å². The number of nitrogens with zero attached hydrogens (tertiary/aromatic N) is 3. The Morgan fingerprint density at radius 1 is 1.39 bits per heavy atom. The highest BCUT2D eigenvalue weighted by atomic mass is 19.1. The van der Waals surface area contributed by atoms with Gasteiger partial charge in [0.25, 0.3) is 5.91 Å². The summed E-state index contributed by atoms with van der Waals surface area (Å²) in [7, 11) is 0. The van der Waals surface area contributed by atoms with Crippen molar-refractivity contribution in [1.82, 2.24) is 14.5 Å². The van der Waals surface area contributed by atoms with Crippen LogP contribution in [0.2, 0.25) is 0 Å². The van der Waals surface area contributed by atoms with Crippen molar-refractivity contribution in [1.29, 1.82) is 0 Å². The van der Waals surface area contributed by atoms with Crippen LogP contribution in [0.4, 0.5) is 4.39 Å². The second-order valence-electron chi connectivity index (χ2n) is 6.20. The quantitative estimate of drug-likeness (QED) is 0.867. The van der Waals surface area contributed by atoms with Crippen molar-refractivity contribution in [3.8, 4) is 0 Å². The van der Waals surface area contributed by atoms with E-state index in [1.807, 2.05) is 22.6 Å². The van der Waals surface area contributed by atoms with Crippen molar-refractivity contribution in [2.24, 2.45) is 0 Å². The first-order valence-corrected chi connectivity index (χ1v) is 8.18. The maximum Gasteiger partial charge on any atom is 0.254 e. The fraction of sp³-hybridized carbons (Fsp3) is 0.444. The van der Waals surface area contributed by atoms with Gasteiger partial charge >= 0.3 is 0 Å². The van der Waals surface area contributed by atoms with Gasteiger partial charge in [-0.15, -0.1) is 0 Å². The van der Waals surface area contributed by atoms with Gasteiger partial charge in [-0.3, -0.25) is 4.79 Å². The zero-order valence-electron chi connectivity index (χ0n) is 13.4. The van der Waals surface area contributed by atoms with E-state index in [0.29, 0.717) is 5.56 Å². The largest absolute Gasteiger partial charge is 0.337 e. The molecule has 1 aromatic carbocycles. The molecular weight excluding hydrogens is 293 g/mol. The molecule has 2 heterocycles. The average Bonchev–Trinajstić information content (AvgIpc) is 3.08. The number of aromatic nitrogens is 2. The van der Waals surface area contributed by atoms with E-state index in [9.17, 15) is 9.18 Å². The first-order chi connectivity index (χ1) is 11.1. The van der Waals surface area contributed by atoms with E-state index in [-0.39, 0.29) is 17.8 Å². The number of hydrogen-bond donors (Lipinski definition) is 0. The van der Waals surface area contributed by atoms with Crippen LogP contribution >= 0.6 is 0 Å². The van der Waals surface area contributed by atoms with Crippen LogP contribution in [0.25, 0.3) is 0 Å². The van der Waals surface area contributed by atoms with E-state index in [2.05, 4.69) is 4.98 Å². The molecule has 0 spiro atoms. The maximum atomic E-state index is 13.5. The highest BCUT2D eigenvalue weighted by molar-refractivity contribution is 5.95. The number of amides is 1. The third kappa shape index (κ3) is 3.60. The Labute approximate surface area is 135 Å². The van der Waals surface area contributed by atoms with E-state index in [1.54, 1.807) is 18.6 Å². The number of benzene rings is 1. The van der Waals surface area contributed by atoms with Gasteiger partial charge < -0.3 is 9.47 Å². The molecule has 0 aliphatic carbocycles. The van der Waals surface area contributed by atoms with Gasteiger partial charge in [0.05, 0.1) is 6.33 Å². The van der Waals surface area contributed by atoms with Crippen molar-refractivity contribution in [3.05, 3.63) is 53.9 Å². The van der Waals surface area contributed by atoms with Crippen molar-refractivity contribution in [2.75, 3.05) is 6.54 Å². The molecule has 23 heavy (non-hydrogen) atoms. The Balaban J connectivity index is 1.74. The minimum absolute atomic E-state index is 0.0441. The highest BCUT2D eigenvalue weighted by Crippen LogP contribution is 2.24. The predicted octanol–water partition coefficient (Wildman–Crippen LogP) is 3.42. The summed E-state index contributed by atoms with van der Waals surface area (Å²) < 4.78 is 15.6. The molecule has 1 saturated heterocycles. The lowest BCUT2D eigenvalue weighted by Crippen LogP contribution is -2.44. The van der Waals surface area contributed by atoms with Crippen molar-refractivity contribution in [2.45, 2.75) is 45.2 Å². The fourth-order valence-corrected chi connectivity index (χ4v) is 3.26. The summed E-state index contributed by atoms with van der Waals surface area (Å²) in [5.74, 6) is -0.400. The van der Waals surface area contributed by atoms with Gasteiger partial charge in [-0.2, -0.15) is 0 Å². The molecule has 1 atom stereocenters. The van der Waals surface area contributed by atoms with Gasteiger partial charge in [0.2, 0.25) is 0 Å². The monoisotopic (exact) mass is 315 g/mol. The summed E-state index contributed by atoms with van der Waals surface area (Å²) in [6, 6.07) is 4.65. The summed E-state index contributed by atoms with van der Waals surface area (Å²) in [6.07, 6.45) is 9.56. The number of carbonyl (C=O) groups excluding carboxylic acids is 1. The molecule has 0 radical (unpaired) electrons. The summed E-state index contributed by atoms with van der Waals surface area (Å²) in [5, 5.41) is 0. The second kappa shape index (κ2) is 6.94. The number of piperidine rings is 1. The molecule has 3 rings (SSSR count). The zero-order chi connectivity index (χ0) is 16.2. The Morgan fingerprint density at radius 3 is 3.04 bits per heavy atom. The Kier molecular flexibility index (Phi) is 4.74. The van der Waals surface area contributed by atoms with Crippen LogP contribution in [-0.2, 0) is 6.54 Å². The summed E-state index contributed by atoms with van der Waals surface area (Å²) >= 11 is 0. The van der Waals surface area contributed by atoms with Crippen LogP contribution in [0, 0.1) is 12.7 Å². The molecule has 0 saturated carbocycles. The second-order valence-corrected chi connectivity index (χ2v) is 6.20. The number of carbonyl (C=O) groups is 1. The van der Waals surface area contributed by atoms with Gasteiger partial charge in [0, 0.05) is 37.1 Å². The van der Waals surface area contributed by atoms with Crippen molar-refractivity contribution >= 4 is 5.91 Å². The van der Waals surface area contributed by atoms with Crippen LogP contribution in [0.15, 0.2) is 36.9 Å². The Hall–Kier alpha value is -2.17. The molecule has 1 fully saturated rings. The Bertz CT molecular complexity index is 669. The van der Waals surface area contributed by atoms with Gasteiger partial charge in [0.1, 0.15) is 5.82 Å².